The Balaban J connectivity index is 0.000000392. The highest BCUT2D eigenvalue weighted by molar-refractivity contribution is 7.85. The lowest BCUT2D eigenvalue weighted by molar-refractivity contribution is -0.125. The molecule has 9 nitrogen and oxygen atoms in total. The Labute approximate surface area is 296 Å². The molecule has 3 fully saturated rings. The molecule has 272 valence electrons. The van der Waals surface area contributed by atoms with Gasteiger partial charge in [-0.25, -0.2) is 13.2 Å². The third-order valence-corrected chi connectivity index (χ3v) is 10.1. The van der Waals surface area contributed by atoms with Crippen LogP contribution in [0.4, 0.5) is 13.2 Å². The second-order valence-electron chi connectivity index (χ2n) is 14.4. The van der Waals surface area contributed by atoms with E-state index in [9.17, 15) is 36.4 Å². The Hall–Kier alpha value is -4.25. The number of carbonyl (C=O) groups excluding carboxylic acids is 2. The van der Waals surface area contributed by atoms with Gasteiger partial charge in [0.2, 0.25) is 11.8 Å². The fourth-order valence-corrected chi connectivity index (χ4v) is 6.34. The molecule has 6 rings (SSSR count). The molecule has 3 aromatic carbocycles. The zero-order chi connectivity index (χ0) is 37.1. The van der Waals surface area contributed by atoms with Gasteiger partial charge in [0.05, 0.1) is 23.0 Å². The normalized spacial score (nSPS) is 20.2. The van der Waals surface area contributed by atoms with Crippen molar-refractivity contribution < 1.29 is 35.7 Å². The topological polar surface area (TPSA) is 148 Å². The molecule has 3 aliphatic carbocycles. The Bertz CT molecular complexity index is 1850. The van der Waals surface area contributed by atoms with Crippen molar-refractivity contribution in [2.24, 2.45) is 5.92 Å². The van der Waals surface area contributed by atoms with Crippen molar-refractivity contribution in [3.8, 4) is 17.2 Å². The van der Waals surface area contributed by atoms with Crippen LogP contribution in [-0.2, 0) is 19.7 Å². The summed E-state index contributed by atoms with van der Waals surface area (Å²) in [5.41, 5.74) is 1.32. The lowest BCUT2D eigenvalue weighted by Gasteiger charge is -2.29. The summed E-state index contributed by atoms with van der Waals surface area (Å²) in [4.78, 5) is 25.1. The van der Waals surface area contributed by atoms with Gasteiger partial charge in [0.25, 0.3) is 16.5 Å². The molecule has 0 aromatic heterocycles. The van der Waals surface area contributed by atoms with Gasteiger partial charge in [-0.1, -0.05) is 66.2 Å². The van der Waals surface area contributed by atoms with Gasteiger partial charge in [0, 0.05) is 18.4 Å². The Kier molecular flexibility index (Phi) is 11.3. The van der Waals surface area contributed by atoms with Gasteiger partial charge >= 0.3 is 0 Å². The average Bonchev–Trinajstić information content (AvgIpc) is 3.94. The number of rotatable bonds is 13. The molecule has 0 radical (unpaired) electrons. The molecule has 3 aliphatic rings. The number of hydrogen-bond donors (Lipinski definition) is 4. The summed E-state index contributed by atoms with van der Waals surface area (Å²) in [6.07, 6.45) is 0.788. The minimum absolute atomic E-state index is 0.0353. The predicted molar refractivity (Wildman–Crippen MR) is 186 cm³/mol. The Morgan fingerprint density at radius 1 is 0.980 bits per heavy atom. The first-order valence-corrected chi connectivity index (χ1v) is 18.4. The molecule has 51 heavy (non-hydrogen) atoms. The van der Waals surface area contributed by atoms with E-state index in [-0.39, 0.29) is 34.6 Å². The van der Waals surface area contributed by atoms with Crippen molar-refractivity contribution >= 4 is 21.9 Å². The van der Waals surface area contributed by atoms with E-state index in [1.165, 1.54) is 26.0 Å². The first kappa shape index (κ1) is 38.0. The summed E-state index contributed by atoms with van der Waals surface area (Å²) in [7, 11) is -4.02. The monoisotopic (exact) mass is 724 g/mol. The van der Waals surface area contributed by atoms with E-state index in [0.29, 0.717) is 18.9 Å². The van der Waals surface area contributed by atoms with Crippen molar-refractivity contribution in [2.75, 3.05) is 0 Å². The molecule has 0 heterocycles. The van der Waals surface area contributed by atoms with Crippen LogP contribution in [-0.4, -0.2) is 54.5 Å². The van der Waals surface area contributed by atoms with Crippen LogP contribution in [0, 0.1) is 24.2 Å². The molecule has 3 aromatic rings. The fourth-order valence-electron chi connectivity index (χ4n) is 5.86. The van der Waals surface area contributed by atoms with Crippen molar-refractivity contribution in [3.63, 3.8) is 0 Å². The summed E-state index contributed by atoms with van der Waals surface area (Å²) >= 11 is 0. The van der Waals surface area contributed by atoms with Crippen molar-refractivity contribution in [1.29, 1.82) is 5.26 Å². The van der Waals surface area contributed by atoms with Gasteiger partial charge in [-0.15, -0.1) is 0 Å². The number of carbonyl (C=O) groups is 2. The van der Waals surface area contributed by atoms with Crippen LogP contribution in [0.2, 0.25) is 0 Å². The van der Waals surface area contributed by atoms with Crippen LogP contribution < -0.4 is 16.0 Å². The maximum atomic E-state index is 14.5. The number of nitrogens with zero attached hydrogens (tertiary/aromatic N) is 1. The molecule has 3 saturated carbocycles. The number of hydrogen-bond acceptors (Lipinski definition) is 6. The molecule has 0 unspecified atom stereocenters. The smallest absolute Gasteiger partial charge is 0.294 e. The summed E-state index contributed by atoms with van der Waals surface area (Å²) in [6.45, 7) is 4.42. The number of alkyl halides is 3. The largest absolute Gasteiger partial charge is 0.353 e. The van der Waals surface area contributed by atoms with Gasteiger partial charge in [-0.3, -0.25) is 19.5 Å². The van der Waals surface area contributed by atoms with E-state index in [1.54, 1.807) is 36.4 Å². The number of aryl methyl sites for hydroxylation is 1. The molecule has 2 amide bonds. The molecule has 0 aliphatic heterocycles. The number of halogens is 3. The maximum Gasteiger partial charge on any atom is 0.294 e. The first-order chi connectivity index (χ1) is 24.0. The minimum Gasteiger partial charge on any atom is -0.353 e. The first-order valence-electron chi connectivity index (χ1n) is 17.0. The summed E-state index contributed by atoms with van der Waals surface area (Å²) in [5, 5.41) is 17.6. The van der Waals surface area contributed by atoms with E-state index in [4.69, 9.17) is 4.55 Å². The van der Waals surface area contributed by atoms with E-state index < -0.39 is 45.7 Å². The van der Waals surface area contributed by atoms with Crippen molar-refractivity contribution in [3.05, 3.63) is 89.5 Å². The van der Waals surface area contributed by atoms with E-state index in [2.05, 4.69) is 16.0 Å². The third kappa shape index (κ3) is 10.6. The SMILES string of the molecule is CC(C)(F)C[C@H](N[C@@H](c1ccc(-c2ccc([C@@H]3C[C@H]3C(=O)NC3CC3)cc2)cc1)C(F)F)C(=O)NC1(C#N)CC1.Cc1ccc(S(=O)(=O)O)cc1. The Morgan fingerprint density at radius 3 is 2.02 bits per heavy atom. The predicted octanol–water partition coefficient (Wildman–Crippen LogP) is 6.55. The van der Waals surface area contributed by atoms with Gasteiger partial charge in [0.1, 0.15) is 11.2 Å². The van der Waals surface area contributed by atoms with Gasteiger partial charge in [0.15, 0.2) is 0 Å². The second-order valence-corrected chi connectivity index (χ2v) is 15.8. The number of amides is 2. The number of benzene rings is 3. The average molecular weight is 725 g/mol. The molecule has 0 saturated heterocycles. The maximum absolute atomic E-state index is 14.5. The molecule has 13 heteroatoms. The lowest BCUT2D eigenvalue weighted by Crippen LogP contribution is -2.52. The Morgan fingerprint density at radius 2 is 1.55 bits per heavy atom. The fraction of sp³-hybridized carbons (Fsp3) is 0.447. The van der Waals surface area contributed by atoms with Crippen LogP contribution in [0.5, 0.6) is 0 Å². The third-order valence-electron chi connectivity index (χ3n) is 9.28. The quantitative estimate of drug-likeness (QED) is 0.146. The summed E-state index contributed by atoms with van der Waals surface area (Å²) in [5.74, 6) is -0.250. The lowest BCUT2D eigenvalue weighted by atomic mass is 9.96. The highest BCUT2D eigenvalue weighted by atomic mass is 32.2. The standard InChI is InChI=1S/C31H35F3N4O2.C7H8O3S/c1-30(2,34)16-25(29(40)38-31(17-35)13-14-31)37-26(27(32)33)21-9-5-19(6-10-21)18-3-7-20(8-4-18)23-15-24(23)28(39)36-22-11-12-22;1-6-2-4-7(5-3-6)11(8,9)10/h3-10,22-27,37H,11-16H2,1-2H3,(H,36,39)(H,38,40);2-5H,1H3,(H,8,9,10)/t23-,24+,25-,26-;/m0./s1. The minimum atomic E-state index is -4.02. The van der Waals surface area contributed by atoms with Gasteiger partial charge in [-0.2, -0.15) is 13.7 Å². The van der Waals surface area contributed by atoms with Crippen LogP contribution in [0.25, 0.3) is 11.1 Å². The van der Waals surface area contributed by atoms with E-state index in [0.717, 1.165) is 41.5 Å². The molecular weight excluding hydrogens is 682 g/mol. The second kappa shape index (κ2) is 15.2. The molecular formula is C38H43F3N4O5S. The zero-order valence-electron chi connectivity index (χ0n) is 28.7. The van der Waals surface area contributed by atoms with Gasteiger partial charge < -0.3 is 10.6 Å². The van der Waals surface area contributed by atoms with E-state index >= 15 is 0 Å². The summed E-state index contributed by atoms with van der Waals surface area (Å²) in [6, 6.07) is 20.3. The molecule has 4 atom stereocenters. The highest BCUT2D eigenvalue weighted by Crippen LogP contribution is 2.48. The summed E-state index contributed by atoms with van der Waals surface area (Å²) < 4.78 is 72.5. The van der Waals surface area contributed by atoms with Gasteiger partial charge in [-0.05, 0) is 93.2 Å². The van der Waals surface area contributed by atoms with Crippen molar-refractivity contribution in [1.82, 2.24) is 16.0 Å². The number of nitriles is 1. The zero-order valence-corrected chi connectivity index (χ0v) is 29.5. The molecule has 4 N–H and O–H groups in total. The van der Waals surface area contributed by atoms with Crippen molar-refractivity contribution in [2.45, 2.75) is 106 Å². The number of nitrogens with one attached hydrogen (secondary N) is 3. The molecule has 0 spiro atoms. The van der Waals surface area contributed by atoms with Crippen LogP contribution in [0.3, 0.4) is 0 Å². The van der Waals surface area contributed by atoms with E-state index in [1.807, 2.05) is 37.3 Å². The van der Waals surface area contributed by atoms with Crippen LogP contribution in [0.1, 0.15) is 81.0 Å². The molecule has 0 bridgehead atoms. The van der Waals surface area contributed by atoms with Crippen LogP contribution in [0.15, 0.2) is 77.7 Å². The van der Waals surface area contributed by atoms with Crippen LogP contribution >= 0.6 is 0 Å². The highest BCUT2D eigenvalue weighted by Gasteiger charge is 2.47.